The molecule has 0 bridgehead atoms. The van der Waals surface area contributed by atoms with Crippen molar-refractivity contribution in [2.75, 3.05) is 27.5 Å². The second kappa shape index (κ2) is 8.07. The van der Waals surface area contributed by atoms with Crippen molar-refractivity contribution in [2.45, 2.75) is 32.9 Å². The van der Waals surface area contributed by atoms with Crippen LogP contribution in [0, 0.1) is 20.8 Å². The number of thioether (sulfide) groups is 1. The van der Waals surface area contributed by atoms with Crippen LogP contribution < -0.4 is 10.2 Å². The third-order valence-electron chi connectivity index (χ3n) is 5.41. The van der Waals surface area contributed by atoms with Crippen LogP contribution in [0.5, 0.6) is 0 Å². The van der Waals surface area contributed by atoms with Crippen LogP contribution in [0.15, 0.2) is 47.5 Å². The number of fused-ring (bicyclic) bond motifs is 1. The van der Waals surface area contributed by atoms with E-state index in [1.54, 1.807) is 0 Å². The van der Waals surface area contributed by atoms with Crippen LogP contribution in [0.4, 0.5) is 11.4 Å². The Kier molecular flexibility index (Phi) is 5.63. The van der Waals surface area contributed by atoms with Gasteiger partial charge in [-0.15, -0.1) is 0 Å². The minimum Gasteiger partial charge on any atom is -0.325 e. The average Bonchev–Trinajstić information content (AvgIpc) is 3.14. The number of carbonyl (C=O) groups excluding carboxylic acids is 1. The van der Waals surface area contributed by atoms with E-state index in [4.69, 9.17) is 0 Å². The Morgan fingerprint density at radius 2 is 1.80 bits per heavy atom. The predicted molar refractivity (Wildman–Crippen MR) is 124 cm³/mol. The topological polar surface area (TPSA) is 78.8 Å². The SMILES string of the molecule is Cc1ccc(N2C(SCC(=O)Nc3ccc(C)cc3C)=N[C@@H]3CS(=O)(=O)C[C@H]32)cc1. The summed E-state index contributed by atoms with van der Waals surface area (Å²) >= 11 is 1.35. The second-order valence-electron chi connectivity index (χ2n) is 7.98. The first kappa shape index (κ1) is 20.9. The number of rotatable bonds is 4. The number of hydrogen-bond donors (Lipinski definition) is 1. The Bertz CT molecular complexity index is 1110. The highest BCUT2D eigenvalue weighted by Gasteiger charge is 2.47. The molecule has 0 spiro atoms. The first-order chi connectivity index (χ1) is 14.2. The number of nitrogens with one attached hydrogen (secondary N) is 1. The quantitative estimate of drug-likeness (QED) is 0.784. The van der Waals surface area contributed by atoms with E-state index in [0.717, 1.165) is 28.1 Å². The van der Waals surface area contributed by atoms with Crippen LogP contribution in [-0.2, 0) is 14.6 Å². The Morgan fingerprint density at radius 3 is 2.50 bits per heavy atom. The number of anilines is 2. The van der Waals surface area contributed by atoms with Crippen molar-refractivity contribution in [2.24, 2.45) is 4.99 Å². The molecule has 8 heteroatoms. The van der Waals surface area contributed by atoms with Crippen molar-refractivity contribution >= 4 is 44.0 Å². The van der Waals surface area contributed by atoms with Gasteiger partial charge in [-0.05, 0) is 44.5 Å². The Labute approximate surface area is 181 Å². The molecule has 2 aromatic carbocycles. The Morgan fingerprint density at radius 1 is 1.10 bits per heavy atom. The van der Waals surface area contributed by atoms with Crippen molar-refractivity contribution in [1.29, 1.82) is 0 Å². The minimum atomic E-state index is -3.10. The van der Waals surface area contributed by atoms with Gasteiger partial charge in [0, 0.05) is 11.4 Å². The fraction of sp³-hybridized carbons (Fsp3) is 0.364. The van der Waals surface area contributed by atoms with E-state index in [2.05, 4.69) is 10.3 Å². The molecule has 0 aromatic heterocycles. The van der Waals surface area contributed by atoms with Gasteiger partial charge >= 0.3 is 0 Å². The predicted octanol–water partition coefficient (Wildman–Crippen LogP) is 3.33. The molecule has 4 rings (SSSR count). The van der Waals surface area contributed by atoms with Gasteiger partial charge in [0.15, 0.2) is 15.0 Å². The second-order valence-corrected chi connectivity index (χ2v) is 11.1. The number of nitrogens with zero attached hydrogens (tertiary/aromatic N) is 2. The number of amidine groups is 1. The first-order valence-corrected chi connectivity index (χ1v) is 12.7. The summed E-state index contributed by atoms with van der Waals surface area (Å²) in [6.07, 6.45) is 0. The summed E-state index contributed by atoms with van der Waals surface area (Å²) < 4.78 is 24.3. The Hall–Kier alpha value is -2.32. The molecule has 0 saturated carbocycles. The molecule has 2 heterocycles. The van der Waals surface area contributed by atoms with Gasteiger partial charge in [0.2, 0.25) is 5.91 Å². The maximum Gasteiger partial charge on any atom is 0.234 e. The van der Waals surface area contributed by atoms with E-state index in [9.17, 15) is 13.2 Å². The summed E-state index contributed by atoms with van der Waals surface area (Å²) in [5, 5.41) is 3.67. The lowest BCUT2D eigenvalue weighted by atomic mass is 10.1. The summed E-state index contributed by atoms with van der Waals surface area (Å²) in [6, 6.07) is 13.4. The number of hydrogen-bond acceptors (Lipinski definition) is 6. The molecule has 2 aliphatic heterocycles. The van der Waals surface area contributed by atoms with Crippen LogP contribution >= 0.6 is 11.8 Å². The van der Waals surface area contributed by atoms with Gasteiger partial charge in [0.25, 0.3) is 0 Å². The van der Waals surface area contributed by atoms with E-state index in [-0.39, 0.29) is 35.2 Å². The number of benzene rings is 2. The van der Waals surface area contributed by atoms with Gasteiger partial charge in [0.05, 0.1) is 29.3 Å². The normalized spacial score (nSPS) is 22.0. The highest BCUT2D eigenvalue weighted by Crippen LogP contribution is 2.35. The number of amides is 1. The molecule has 2 atom stereocenters. The van der Waals surface area contributed by atoms with Crippen molar-refractivity contribution in [3.8, 4) is 0 Å². The lowest BCUT2D eigenvalue weighted by Crippen LogP contribution is -2.39. The van der Waals surface area contributed by atoms with E-state index in [1.165, 1.54) is 11.8 Å². The number of sulfone groups is 1. The molecule has 1 fully saturated rings. The molecule has 2 aromatic rings. The minimum absolute atomic E-state index is 0.0683. The van der Waals surface area contributed by atoms with E-state index in [0.29, 0.717) is 5.17 Å². The Balaban J connectivity index is 1.50. The van der Waals surface area contributed by atoms with Gasteiger partial charge in [-0.1, -0.05) is 47.2 Å². The van der Waals surface area contributed by atoms with Gasteiger partial charge in [-0.2, -0.15) is 0 Å². The van der Waals surface area contributed by atoms with Crippen molar-refractivity contribution < 1.29 is 13.2 Å². The van der Waals surface area contributed by atoms with E-state index >= 15 is 0 Å². The molecule has 6 nitrogen and oxygen atoms in total. The zero-order chi connectivity index (χ0) is 21.5. The standard InChI is InChI=1S/C22H25N3O3S2/c1-14-4-7-17(8-5-14)25-20-13-30(27,28)12-19(20)24-22(25)29-11-21(26)23-18-9-6-15(2)10-16(18)3/h4-10,19-20H,11-13H2,1-3H3,(H,23,26)/t19-,20-/m1/s1. The average molecular weight is 444 g/mol. The number of aryl methyl sites for hydroxylation is 3. The maximum atomic E-state index is 12.5. The van der Waals surface area contributed by atoms with Crippen molar-refractivity contribution in [3.05, 3.63) is 59.2 Å². The summed E-state index contributed by atoms with van der Waals surface area (Å²) in [6.45, 7) is 6.00. The van der Waals surface area contributed by atoms with Crippen LogP contribution in [0.25, 0.3) is 0 Å². The summed E-state index contributed by atoms with van der Waals surface area (Å²) in [5.74, 6) is 0.260. The smallest absolute Gasteiger partial charge is 0.234 e. The molecule has 30 heavy (non-hydrogen) atoms. The third kappa shape index (κ3) is 4.39. The third-order valence-corrected chi connectivity index (χ3v) is 8.07. The van der Waals surface area contributed by atoms with Gasteiger partial charge in [0.1, 0.15) is 0 Å². The number of aliphatic imine (C=N–C) groups is 1. The largest absolute Gasteiger partial charge is 0.325 e. The summed E-state index contributed by atoms with van der Waals surface area (Å²) in [7, 11) is -3.10. The van der Waals surface area contributed by atoms with Crippen LogP contribution in [0.3, 0.4) is 0 Å². The molecule has 2 aliphatic rings. The maximum absolute atomic E-state index is 12.5. The highest BCUT2D eigenvalue weighted by molar-refractivity contribution is 8.14. The molecule has 0 aliphatic carbocycles. The lowest BCUT2D eigenvalue weighted by Gasteiger charge is -2.26. The first-order valence-electron chi connectivity index (χ1n) is 9.86. The van der Waals surface area contributed by atoms with Gasteiger partial charge in [-0.3, -0.25) is 9.79 Å². The van der Waals surface area contributed by atoms with Gasteiger partial charge in [-0.25, -0.2) is 8.42 Å². The van der Waals surface area contributed by atoms with Crippen molar-refractivity contribution in [3.63, 3.8) is 0 Å². The molecule has 1 N–H and O–H groups in total. The van der Waals surface area contributed by atoms with Crippen molar-refractivity contribution in [1.82, 2.24) is 0 Å². The molecule has 0 unspecified atom stereocenters. The fourth-order valence-corrected chi connectivity index (χ4v) is 6.68. The molecule has 1 amide bonds. The molecule has 1 saturated heterocycles. The summed E-state index contributed by atoms with van der Waals surface area (Å²) in [5.41, 5.74) is 5.01. The van der Waals surface area contributed by atoms with Crippen LogP contribution in [-0.4, -0.2) is 48.8 Å². The zero-order valence-corrected chi connectivity index (χ0v) is 18.9. The summed E-state index contributed by atoms with van der Waals surface area (Å²) in [4.78, 5) is 19.2. The molecule has 0 radical (unpaired) electrons. The zero-order valence-electron chi connectivity index (χ0n) is 17.3. The fourth-order valence-electron chi connectivity index (χ4n) is 3.91. The van der Waals surface area contributed by atoms with E-state index < -0.39 is 9.84 Å². The van der Waals surface area contributed by atoms with E-state index in [1.807, 2.05) is 68.1 Å². The van der Waals surface area contributed by atoms with Gasteiger partial charge < -0.3 is 10.2 Å². The number of carbonyl (C=O) groups is 1. The lowest BCUT2D eigenvalue weighted by molar-refractivity contribution is -0.113. The molecular weight excluding hydrogens is 418 g/mol. The molecular formula is C22H25N3O3S2. The van der Waals surface area contributed by atoms with Crippen LogP contribution in [0.1, 0.15) is 16.7 Å². The highest BCUT2D eigenvalue weighted by atomic mass is 32.2. The molecule has 158 valence electrons. The monoisotopic (exact) mass is 443 g/mol. The van der Waals surface area contributed by atoms with Crippen LogP contribution in [0.2, 0.25) is 0 Å².